The molecule has 0 heterocycles. The molecule has 0 saturated carbocycles. The van der Waals surface area contributed by atoms with Gasteiger partial charge in [0.1, 0.15) is 5.78 Å². The van der Waals surface area contributed by atoms with Crippen LogP contribution in [0.4, 0.5) is 5.69 Å². The fourth-order valence-electron chi connectivity index (χ4n) is 1.25. The largest absolute Gasteiger partial charge is 0.298 e. The van der Waals surface area contributed by atoms with Crippen molar-refractivity contribution in [3.8, 4) is 0 Å². The lowest BCUT2D eigenvalue weighted by molar-refractivity contribution is -0.387. The summed E-state index contributed by atoms with van der Waals surface area (Å²) in [4.78, 5) is 22.3. The molecule has 0 spiro atoms. The molecule has 1 aromatic carbocycles. The average molecular weight is 239 g/mol. The minimum absolute atomic E-state index is 0.0586. The Bertz CT molecular complexity index is 406. The summed E-state index contributed by atoms with van der Waals surface area (Å²) in [5.74, 6) is 0.100. The van der Waals surface area contributed by atoms with E-state index in [-0.39, 0.29) is 16.7 Å². The molecule has 0 aliphatic rings. The van der Waals surface area contributed by atoms with Gasteiger partial charge in [-0.05, 0) is 13.0 Å². The minimum atomic E-state index is -0.425. The second-order valence-electron chi connectivity index (χ2n) is 3.30. The van der Waals surface area contributed by atoms with E-state index in [1.807, 2.05) is 0 Å². The lowest BCUT2D eigenvalue weighted by Gasteiger charge is -2.08. The molecule has 0 saturated heterocycles. The van der Waals surface area contributed by atoms with Crippen molar-refractivity contribution in [1.82, 2.24) is 0 Å². The van der Waals surface area contributed by atoms with Crippen LogP contribution in [0.5, 0.6) is 0 Å². The van der Waals surface area contributed by atoms with Gasteiger partial charge in [0.25, 0.3) is 5.69 Å². The van der Waals surface area contributed by atoms with Gasteiger partial charge in [0, 0.05) is 12.5 Å². The summed E-state index contributed by atoms with van der Waals surface area (Å²) in [6, 6.07) is 6.47. The second kappa shape index (κ2) is 5.65. The molecule has 0 aliphatic heterocycles. The van der Waals surface area contributed by atoms with Crippen LogP contribution in [0.1, 0.15) is 20.3 Å². The number of hydrogen-bond donors (Lipinski definition) is 0. The molecule has 1 atom stereocenters. The Balaban J connectivity index is 2.88. The van der Waals surface area contributed by atoms with Crippen LogP contribution in [-0.2, 0) is 4.79 Å². The van der Waals surface area contributed by atoms with Crippen molar-refractivity contribution in [3.63, 3.8) is 0 Å². The standard InChI is InChI=1S/C11H13NO3S/c1-3-10(13)8(2)16-11-7-5-4-6-9(11)12(14)15/h4-8H,3H2,1-2H3. The number of nitro benzene ring substituents is 1. The van der Waals surface area contributed by atoms with Gasteiger partial charge in [0.15, 0.2) is 0 Å². The van der Waals surface area contributed by atoms with E-state index in [1.165, 1.54) is 17.8 Å². The highest BCUT2D eigenvalue weighted by atomic mass is 32.2. The van der Waals surface area contributed by atoms with Crippen molar-refractivity contribution in [2.45, 2.75) is 30.4 Å². The van der Waals surface area contributed by atoms with Crippen LogP contribution < -0.4 is 0 Å². The van der Waals surface area contributed by atoms with Gasteiger partial charge in [-0.1, -0.05) is 19.1 Å². The maximum absolute atomic E-state index is 11.4. The van der Waals surface area contributed by atoms with E-state index in [9.17, 15) is 14.9 Å². The van der Waals surface area contributed by atoms with Crippen molar-refractivity contribution >= 4 is 23.2 Å². The predicted molar refractivity (Wildman–Crippen MR) is 63.7 cm³/mol. The van der Waals surface area contributed by atoms with Crippen molar-refractivity contribution in [2.24, 2.45) is 0 Å². The smallest absolute Gasteiger partial charge is 0.282 e. The van der Waals surface area contributed by atoms with Crippen molar-refractivity contribution < 1.29 is 9.72 Å². The number of hydrogen-bond acceptors (Lipinski definition) is 4. The third-order valence-electron chi connectivity index (χ3n) is 2.17. The number of nitro groups is 1. The zero-order chi connectivity index (χ0) is 12.1. The van der Waals surface area contributed by atoms with E-state index >= 15 is 0 Å². The first kappa shape index (κ1) is 12.7. The van der Waals surface area contributed by atoms with E-state index in [0.29, 0.717) is 11.3 Å². The Kier molecular flexibility index (Phi) is 4.49. The van der Waals surface area contributed by atoms with Gasteiger partial charge in [-0.2, -0.15) is 0 Å². The SMILES string of the molecule is CCC(=O)C(C)Sc1ccccc1[N+](=O)[O-]. The summed E-state index contributed by atoms with van der Waals surface area (Å²) in [5, 5.41) is 10.5. The molecule has 0 fully saturated rings. The first-order valence-electron chi connectivity index (χ1n) is 4.99. The van der Waals surface area contributed by atoms with Crippen LogP contribution >= 0.6 is 11.8 Å². The monoisotopic (exact) mass is 239 g/mol. The van der Waals surface area contributed by atoms with Crippen LogP contribution in [-0.4, -0.2) is 16.0 Å². The Labute approximate surface area is 98.2 Å². The number of benzene rings is 1. The normalized spacial score (nSPS) is 12.1. The first-order chi connectivity index (χ1) is 7.56. The Morgan fingerprint density at radius 3 is 2.69 bits per heavy atom. The molecule has 1 rings (SSSR count). The Morgan fingerprint density at radius 2 is 2.12 bits per heavy atom. The lowest BCUT2D eigenvalue weighted by atomic mass is 10.2. The number of carbonyl (C=O) groups is 1. The van der Waals surface area contributed by atoms with Crippen LogP contribution in [0, 0.1) is 10.1 Å². The summed E-state index contributed by atoms with van der Waals surface area (Å²) >= 11 is 1.24. The predicted octanol–water partition coefficient (Wildman–Crippen LogP) is 3.05. The topological polar surface area (TPSA) is 60.2 Å². The molecule has 0 amide bonds. The van der Waals surface area contributed by atoms with Gasteiger partial charge in [0.2, 0.25) is 0 Å². The second-order valence-corrected chi connectivity index (χ2v) is 4.69. The Morgan fingerprint density at radius 1 is 1.50 bits per heavy atom. The quantitative estimate of drug-likeness (QED) is 0.450. The van der Waals surface area contributed by atoms with E-state index < -0.39 is 4.92 Å². The molecule has 1 unspecified atom stereocenters. The molecule has 4 nitrogen and oxygen atoms in total. The van der Waals surface area contributed by atoms with Crippen molar-refractivity contribution in [3.05, 3.63) is 34.4 Å². The van der Waals surface area contributed by atoms with Crippen LogP contribution in [0.3, 0.4) is 0 Å². The molecule has 0 radical (unpaired) electrons. The lowest BCUT2D eigenvalue weighted by Crippen LogP contribution is -2.11. The zero-order valence-corrected chi connectivity index (χ0v) is 9.99. The fraction of sp³-hybridized carbons (Fsp3) is 0.364. The molecular formula is C11H13NO3S. The average Bonchev–Trinajstić information content (AvgIpc) is 2.28. The van der Waals surface area contributed by atoms with E-state index in [1.54, 1.807) is 32.0 Å². The fourth-order valence-corrected chi connectivity index (χ4v) is 2.35. The summed E-state index contributed by atoms with van der Waals surface area (Å²) in [7, 11) is 0. The molecule has 0 aromatic heterocycles. The molecule has 16 heavy (non-hydrogen) atoms. The third kappa shape index (κ3) is 3.06. The molecule has 1 aromatic rings. The van der Waals surface area contributed by atoms with Gasteiger partial charge in [0.05, 0.1) is 15.1 Å². The summed E-state index contributed by atoms with van der Waals surface area (Å²) in [6.07, 6.45) is 0.453. The number of rotatable bonds is 5. The molecule has 0 bridgehead atoms. The number of para-hydroxylation sites is 1. The highest BCUT2D eigenvalue weighted by molar-refractivity contribution is 8.00. The highest BCUT2D eigenvalue weighted by Gasteiger charge is 2.18. The van der Waals surface area contributed by atoms with E-state index in [0.717, 1.165) is 0 Å². The number of thioether (sulfide) groups is 1. The number of nitrogens with zero attached hydrogens (tertiary/aromatic N) is 1. The highest BCUT2D eigenvalue weighted by Crippen LogP contribution is 2.32. The third-order valence-corrected chi connectivity index (χ3v) is 3.38. The number of carbonyl (C=O) groups excluding carboxylic acids is 1. The molecule has 5 heteroatoms. The van der Waals surface area contributed by atoms with Gasteiger partial charge >= 0.3 is 0 Å². The van der Waals surface area contributed by atoms with E-state index in [2.05, 4.69) is 0 Å². The van der Waals surface area contributed by atoms with E-state index in [4.69, 9.17) is 0 Å². The van der Waals surface area contributed by atoms with Crippen LogP contribution in [0.2, 0.25) is 0 Å². The zero-order valence-electron chi connectivity index (χ0n) is 9.17. The van der Waals surface area contributed by atoms with Gasteiger partial charge < -0.3 is 0 Å². The summed E-state index contributed by atoms with van der Waals surface area (Å²) in [5.41, 5.74) is 0.0586. The number of Topliss-reactive ketones (excluding diaryl/α,β-unsaturated/α-hetero) is 1. The minimum Gasteiger partial charge on any atom is -0.298 e. The van der Waals surface area contributed by atoms with Gasteiger partial charge in [-0.15, -0.1) is 11.8 Å². The van der Waals surface area contributed by atoms with Gasteiger partial charge in [-0.25, -0.2) is 0 Å². The maximum atomic E-state index is 11.4. The summed E-state index contributed by atoms with van der Waals surface area (Å²) < 4.78 is 0. The van der Waals surface area contributed by atoms with Gasteiger partial charge in [-0.3, -0.25) is 14.9 Å². The van der Waals surface area contributed by atoms with Crippen molar-refractivity contribution in [2.75, 3.05) is 0 Å². The molecule has 0 N–H and O–H groups in total. The van der Waals surface area contributed by atoms with Crippen molar-refractivity contribution in [1.29, 1.82) is 0 Å². The molecular weight excluding hydrogens is 226 g/mol. The molecule has 86 valence electrons. The number of ketones is 1. The first-order valence-corrected chi connectivity index (χ1v) is 5.87. The van der Waals surface area contributed by atoms with Crippen LogP contribution in [0.25, 0.3) is 0 Å². The molecule has 0 aliphatic carbocycles. The summed E-state index contributed by atoms with van der Waals surface area (Å²) in [6.45, 7) is 3.56. The Hall–Kier alpha value is -1.36. The maximum Gasteiger partial charge on any atom is 0.282 e. The van der Waals surface area contributed by atoms with Crippen LogP contribution in [0.15, 0.2) is 29.2 Å².